The van der Waals surface area contributed by atoms with Crippen LogP contribution >= 0.6 is 0 Å². The van der Waals surface area contributed by atoms with Crippen LogP contribution in [0.5, 0.6) is 0 Å². The highest BCUT2D eigenvalue weighted by Gasteiger charge is 2.23. The summed E-state index contributed by atoms with van der Waals surface area (Å²) in [5.41, 5.74) is 5.45. The zero-order chi connectivity index (χ0) is 8.10. The van der Waals surface area contributed by atoms with Crippen LogP contribution in [-0.2, 0) is 4.74 Å². The first-order valence-corrected chi connectivity index (χ1v) is 4.72. The lowest BCUT2D eigenvalue weighted by Crippen LogP contribution is -2.14. The summed E-state index contributed by atoms with van der Waals surface area (Å²) in [5.74, 6) is 0. The van der Waals surface area contributed by atoms with Gasteiger partial charge in [-0.05, 0) is 32.2 Å². The van der Waals surface area contributed by atoms with Crippen molar-refractivity contribution in [2.24, 2.45) is 5.73 Å². The van der Waals surface area contributed by atoms with Crippen LogP contribution in [0.4, 0.5) is 0 Å². The fourth-order valence-corrected chi connectivity index (χ4v) is 1.71. The molecule has 0 radical (unpaired) electrons. The van der Waals surface area contributed by atoms with Crippen LogP contribution < -0.4 is 5.73 Å². The Kier molecular flexibility index (Phi) is 3.87. The monoisotopic (exact) mass is 157 g/mol. The Morgan fingerprint density at radius 1 is 1.27 bits per heavy atom. The summed E-state index contributed by atoms with van der Waals surface area (Å²) in [7, 11) is 0. The molecule has 2 N–H and O–H groups in total. The lowest BCUT2D eigenvalue weighted by Gasteiger charge is -2.11. The van der Waals surface area contributed by atoms with Gasteiger partial charge in [0.15, 0.2) is 0 Å². The summed E-state index contributed by atoms with van der Waals surface area (Å²) in [6, 6.07) is 0. The molecule has 1 heterocycles. The Balaban J connectivity index is 2.12. The predicted molar refractivity (Wildman–Crippen MR) is 46.5 cm³/mol. The van der Waals surface area contributed by atoms with Crippen molar-refractivity contribution in [3.8, 4) is 0 Å². The molecule has 0 amide bonds. The summed E-state index contributed by atoms with van der Waals surface area (Å²) < 4.78 is 5.76. The molecule has 1 rings (SSSR count). The van der Waals surface area contributed by atoms with Crippen LogP contribution in [0.1, 0.15) is 39.0 Å². The molecular formula is C9H19NO. The van der Waals surface area contributed by atoms with Gasteiger partial charge < -0.3 is 10.5 Å². The van der Waals surface area contributed by atoms with Crippen LogP contribution in [0.25, 0.3) is 0 Å². The molecule has 2 heteroatoms. The van der Waals surface area contributed by atoms with E-state index in [1.807, 2.05) is 0 Å². The molecule has 0 aliphatic carbocycles. The maximum absolute atomic E-state index is 5.76. The van der Waals surface area contributed by atoms with E-state index in [1.54, 1.807) is 0 Å². The molecule has 0 saturated carbocycles. The van der Waals surface area contributed by atoms with E-state index in [-0.39, 0.29) is 0 Å². The quantitative estimate of drug-likeness (QED) is 0.674. The average molecular weight is 157 g/mol. The van der Waals surface area contributed by atoms with Crippen molar-refractivity contribution in [3.05, 3.63) is 0 Å². The largest absolute Gasteiger partial charge is 0.375 e. The summed E-state index contributed by atoms with van der Waals surface area (Å²) >= 11 is 0. The second kappa shape index (κ2) is 4.73. The van der Waals surface area contributed by atoms with Crippen molar-refractivity contribution in [1.29, 1.82) is 0 Å². The SMILES string of the molecule is CCC[C@H]1CC[C@@H](CCN)O1. The number of nitrogens with two attached hydrogens (primary N) is 1. The number of ether oxygens (including phenoxy) is 1. The van der Waals surface area contributed by atoms with Crippen molar-refractivity contribution in [2.45, 2.75) is 51.2 Å². The normalized spacial score (nSPS) is 31.1. The second-order valence-corrected chi connectivity index (χ2v) is 3.32. The van der Waals surface area contributed by atoms with Gasteiger partial charge in [0.25, 0.3) is 0 Å². The zero-order valence-electron chi connectivity index (χ0n) is 7.38. The van der Waals surface area contributed by atoms with E-state index in [0.717, 1.165) is 13.0 Å². The van der Waals surface area contributed by atoms with Crippen LogP contribution in [0.3, 0.4) is 0 Å². The molecule has 0 aromatic carbocycles. The molecule has 2 atom stereocenters. The third kappa shape index (κ3) is 2.80. The maximum Gasteiger partial charge on any atom is 0.0591 e. The molecule has 66 valence electrons. The van der Waals surface area contributed by atoms with Crippen molar-refractivity contribution in [3.63, 3.8) is 0 Å². The average Bonchev–Trinajstić information content (AvgIpc) is 2.38. The lowest BCUT2D eigenvalue weighted by molar-refractivity contribution is 0.0372. The van der Waals surface area contributed by atoms with Gasteiger partial charge in [-0.3, -0.25) is 0 Å². The Labute approximate surface area is 69.1 Å². The lowest BCUT2D eigenvalue weighted by atomic mass is 10.1. The fourth-order valence-electron chi connectivity index (χ4n) is 1.71. The van der Waals surface area contributed by atoms with Crippen LogP contribution in [-0.4, -0.2) is 18.8 Å². The first kappa shape index (κ1) is 9.01. The molecule has 1 fully saturated rings. The number of hydrogen-bond acceptors (Lipinski definition) is 2. The summed E-state index contributed by atoms with van der Waals surface area (Å²) in [6.45, 7) is 2.98. The van der Waals surface area contributed by atoms with Crippen molar-refractivity contribution in [1.82, 2.24) is 0 Å². The van der Waals surface area contributed by atoms with Crippen LogP contribution in [0.2, 0.25) is 0 Å². The van der Waals surface area contributed by atoms with Gasteiger partial charge in [-0.1, -0.05) is 13.3 Å². The highest BCUT2D eigenvalue weighted by molar-refractivity contribution is 4.73. The third-order valence-electron chi connectivity index (χ3n) is 2.29. The highest BCUT2D eigenvalue weighted by Crippen LogP contribution is 2.24. The molecule has 0 aromatic rings. The van der Waals surface area contributed by atoms with Gasteiger partial charge in [0.2, 0.25) is 0 Å². The van der Waals surface area contributed by atoms with E-state index >= 15 is 0 Å². The van der Waals surface area contributed by atoms with Crippen molar-refractivity contribution < 1.29 is 4.74 Å². The molecule has 0 bridgehead atoms. The molecule has 0 aromatic heterocycles. The minimum atomic E-state index is 0.469. The van der Waals surface area contributed by atoms with E-state index in [1.165, 1.54) is 25.7 Å². The first-order chi connectivity index (χ1) is 5.36. The first-order valence-electron chi connectivity index (χ1n) is 4.72. The Hall–Kier alpha value is -0.0800. The maximum atomic E-state index is 5.76. The van der Waals surface area contributed by atoms with E-state index < -0.39 is 0 Å². The molecule has 0 spiro atoms. The predicted octanol–water partition coefficient (Wildman–Crippen LogP) is 1.68. The van der Waals surface area contributed by atoms with E-state index in [4.69, 9.17) is 10.5 Å². The molecule has 2 nitrogen and oxygen atoms in total. The summed E-state index contributed by atoms with van der Waals surface area (Å²) in [5, 5.41) is 0. The molecule has 1 aliphatic rings. The summed E-state index contributed by atoms with van der Waals surface area (Å²) in [4.78, 5) is 0. The van der Waals surface area contributed by atoms with Gasteiger partial charge in [-0.15, -0.1) is 0 Å². The Bertz CT molecular complexity index is 93.7. The van der Waals surface area contributed by atoms with Crippen LogP contribution in [0.15, 0.2) is 0 Å². The van der Waals surface area contributed by atoms with E-state index in [9.17, 15) is 0 Å². The van der Waals surface area contributed by atoms with Gasteiger partial charge in [0.1, 0.15) is 0 Å². The van der Waals surface area contributed by atoms with Gasteiger partial charge >= 0.3 is 0 Å². The Morgan fingerprint density at radius 2 is 1.91 bits per heavy atom. The highest BCUT2D eigenvalue weighted by atomic mass is 16.5. The number of hydrogen-bond donors (Lipinski definition) is 1. The molecule has 11 heavy (non-hydrogen) atoms. The van der Waals surface area contributed by atoms with Crippen molar-refractivity contribution >= 4 is 0 Å². The summed E-state index contributed by atoms with van der Waals surface area (Å²) in [6.07, 6.45) is 6.98. The minimum Gasteiger partial charge on any atom is -0.375 e. The third-order valence-corrected chi connectivity index (χ3v) is 2.29. The topological polar surface area (TPSA) is 35.2 Å². The van der Waals surface area contributed by atoms with E-state index in [2.05, 4.69) is 6.92 Å². The fraction of sp³-hybridized carbons (Fsp3) is 1.00. The molecule has 0 unspecified atom stereocenters. The van der Waals surface area contributed by atoms with Gasteiger partial charge in [0, 0.05) is 0 Å². The molecule has 1 aliphatic heterocycles. The standard InChI is InChI=1S/C9H19NO/c1-2-3-8-4-5-9(11-8)6-7-10/h8-9H,2-7,10H2,1H3/t8-,9-/m0/s1. The second-order valence-electron chi connectivity index (χ2n) is 3.32. The van der Waals surface area contributed by atoms with Gasteiger partial charge in [-0.2, -0.15) is 0 Å². The Morgan fingerprint density at radius 3 is 2.45 bits per heavy atom. The minimum absolute atomic E-state index is 0.469. The van der Waals surface area contributed by atoms with Gasteiger partial charge in [-0.25, -0.2) is 0 Å². The van der Waals surface area contributed by atoms with Crippen molar-refractivity contribution in [2.75, 3.05) is 6.54 Å². The zero-order valence-corrected chi connectivity index (χ0v) is 7.38. The van der Waals surface area contributed by atoms with Crippen LogP contribution in [0, 0.1) is 0 Å². The van der Waals surface area contributed by atoms with Gasteiger partial charge in [0.05, 0.1) is 12.2 Å². The smallest absolute Gasteiger partial charge is 0.0591 e. The number of rotatable bonds is 4. The molecular weight excluding hydrogens is 138 g/mol. The van der Waals surface area contributed by atoms with E-state index in [0.29, 0.717) is 12.2 Å². The molecule has 1 saturated heterocycles.